The minimum absolute atomic E-state index is 0.00143. The molecule has 3 aromatic rings. The van der Waals surface area contributed by atoms with Gasteiger partial charge in [-0.25, -0.2) is 4.79 Å². The lowest BCUT2D eigenvalue weighted by molar-refractivity contribution is -0.143. The smallest absolute Gasteiger partial charge is 0.326 e. The number of piperidine rings is 3. The summed E-state index contributed by atoms with van der Waals surface area (Å²) in [7, 11) is 2.20. The summed E-state index contributed by atoms with van der Waals surface area (Å²) < 4.78 is 1.84. The van der Waals surface area contributed by atoms with E-state index in [1.54, 1.807) is 0 Å². The molecule has 3 saturated heterocycles. The van der Waals surface area contributed by atoms with Crippen LogP contribution in [0.5, 0.6) is 0 Å². The Morgan fingerprint density at radius 1 is 0.935 bits per heavy atom. The fraction of sp³-hybridized carbons (Fsp3) is 0.583. The van der Waals surface area contributed by atoms with E-state index >= 15 is 0 Å². The molecule has 0 radical (unpaired) electrons. The quantitative estimate of drug-likeness (QED) is 0.330. The van der Waals surface area contributed by atoms with E-state index in [1.807, 2.05) is 57.7 Å². The maximum atomic E-state index is 14.2. The summed E-state index contributed by atoms with van der Waals surface area (Å²) in [6.45, 7) is 7.00. The third-order valence-electron chi connectivity index (χ3n) is 11.0. The van der Waals surface area contributed by atoms with Crippen molar-refractivity contribution in [2.75, 3.05) is 52.0 Å². The van der Waals surface area contributed by atoms with Gasteiger partial charge in [-0.05, 0) is 113 Å². The molecule has 3 aliphatic rings. The van der Waals surface area contributed by atoms with Gasteiger partial charge in [0.25, 0.3) is 0 Å². The van der Waals surface area contributed by atoms with E-state index in [-0.39, 0.29) is 30.0 Å². The largest absolute Gasteiger partial charge is 0.397 e. The van der Waals surface area contributed by atoms with Gasteiger partial charge in [-0.2, -0.15) is 0 Å². The summed E-state index contributed by atoms with van der Waals surface area (Å²) in [4.78, 5) is 50.0. The van der Waals surface area contributed by atoms with Crippen LogP contribution in [0.15, 0.2) is 41.2 Å². The Morgan fingerprint density at radius 2 is 1.57 bits per heavy atom. The van der Waals surface area contributed by atoms with E-state index < -0.39 is 5.92 Å². The second-order valence-electron chi connectivity index (χ2n) is 13.8. The standard InChI is InChI=1S/C36H49ClN6O3/c1-3-25-20-24(22-30(37)34(25)38)21-28(35(45)42-16-10-27(11-17-42)26-8-14-40(2)15-9-26)23-33(44)41-18-12-29(13-19-41)43-32-7-5-4-6-31(32)39-36(43)46/h4-7,20,22,26-29H,3,8-19,21,23,38H2,1-2H3,(H,39,46)/t28-/m0/s1. The van der Waals surface area contributed by atoms with Gasteiger partial charge in [-0.15, -0.1) is 0 Å². The fourth-order valence-electron chi connectivity index (χ4n) is 8.18. The minimum Gasteiger partial charge on any atom is -0.397 e. The van der Waals surface area contributed by atoms with Crippen molar-refractivity contribution in [2.45, 2.75) is 70.8 Å². The third-order valence-corrected chi connectivity index (χ3v) is 11.3. The number of benzene rings is 2. The van der Waals surface area contributed by atoms with E-state index in [4.69, 9.17) is 17.3 Å². The Morgan fingerprint density at radius 3 is 2.24 bits per heavy atom. The summed E-state index contributed by atoms with van der Waals surface area (Å²) in [5, 5.41) is 0.500. The highest BCUT2D eigenvalue weighted by Gasteiger charge is 2.35. The highest BCUT2D eigenvalue weighted by molar-refractivity contribution is 6.33. The Labute approximate surface area is 277 Å². The number of imidazole rings is 1. The number of aryl methyl sites for hydroxylation is 1. The molecule has 0 saturated carbocycles. The molecule has 0 unspecified atom stereocenters. The van der Waals surface area contributed by atoms with Crippen molar-refractivity contribution in [3.8, 4) is 0 Å². The molecular weight excluding hydrogens is 600 g/mol. The summed E-state index contributed by atoms with van der Waals surface area (Å²) in [5.74, 6) is 1.03. The third kappa shape index (κ3) is 7.00. The Balaban J connectivity index is 1.13. The molecule has 0 spiro atoms. The minimum atomic E-state index is -0.467. The predicted octanol–water partition coefficient (Wildman–Crippen LogP) is 5.12. The van der Waals surface area contributed by atoms with Crippen LogP contribution in [0, 0.1) is 17.8 Å². The van der Waals surface area contributed by atoms with Gasteiger partial charge in [0.1, 0.15) is 0 Å². The Bertz CT molecular complexity index is 1590. The lowest BCUT2D eigenvalue weighted by atomic mass is 9.78. The molecule has 0 aliphatic carbocycles. The topological polar surface area (TPSA) is 108 Å². The van der Waals surface area contributed by atoms with Crippen LogP contribution in [-0.4, -0.2) is 82.4 Å². The van der Waals surface area contributed by atoms with Crippen LogP contribution >= 0.6 is 11.6 Å². The molecule has 10 heteroatoms. The zero-order valence-electron chi connectivity index (χ0n) is 27.3. The number of aromatic nitrogens is 2. The van der Waals surface area contributed by atoms with Crippen LogP contribution in [0.1, 0.15) is 69.0 Å². The van der Waals surface area contributed by atoms with Crippen molar-refractivity contribution in [2.24, 2.45) is 17.8 Å². The number of para-hydroxylation sites is 2. The lowest BCUT2D eigenvalue weighted by Gasteiger charge is -2.40. The molecule has 248 valence electrons. The first-order valence-corrected chi connectivity index (χ1v) is 17.6. The summed E-state index contributed by atoms with van der Waals surface area (Å²) in [5.41, 5.74) is 10.3. The van der Waals surface area contributed by atoms with Gasteiger partial charge >= 0.3 is 5.69 Å². The van der Waals surface area contributed by atoms with Crippen LogP contribution < -0.4 is 11.4 Å². The second-order valence-corrected chi connectivity index (χ2v) is 14.2. The number of carbonyl (C=O) groups excluding carboxylic acids is 2. The number of nitrogens with two attached hydrogens (primary N) is 1. The molecule has 1 atom stereocenters. The highest BCUT2D eigenvalue weighted by atomic mass is 35.5. The molecule has 1 aromatic heterocycles. The molecule has 46 heavy (non-hydrogen) atoms. The van der Waals surface area contributed by atoms with Crippen LogP contribution in [0.2, 0.25) is 5.02 Å². The first kappa shape index (κ1) is 32.6. The fourth-order valence-corrected chi connectivity index (χ4v) is 8.44. The van der Waals surface area contributed by atoms with Crippen LogP contribution in [0.25, 0.3) is 11.0 Å². The van der Waals surface area contributed by atoms with Crippen molar-refractivity contribution in [3.05, 3.63) is 63.0 Å². The van der Waals surface area contributed by atoms with E-state index in [9.17, 15) is 14.4 Å². The summed E-state index contributed by atoms with van der Waals surface area (Å²) in [6.07, 6.45) is 7.32. The maximum absolute atomic E-state index is 14.2. The van der Waals surface area contributed by atoms with Crippen molar-refractivity contribution < 1.29 is 9.59 Å². The van der Waals surface area contributed by atoms with Gasteiger partial charge in [0, 0.05) is 38.6 Å². The molecule has 0 bridgehead atoms. The number of anilines is 1. The number of likely N-dealkylation sites (tertiary alicyclic amines) is 3. The number of fused-ring (bicyclic) bond motifs is 1. The van der Waals surface area contributed by atoms with Gasteiger partial charge in [-0.1, -0.05) is 36.7 Å². The number of H-pyrrole nitrogens is 1. The zero-order valence-corrected chi connectivity index (χ0v) is 28.1. The number of halogens is 1. The van der Waals surface area contributed by atoms with Gasteiger partial charge < -0.3 is 25.4 Å². The number of nitrogens with one attached hydrogen (secondary N) is 1. The van der Waals surface area contributed by atoms with E-state index in [1.165, 1.54) is 12.8 Å². The number of hydrogen-bond acceptors (Lipinski definition) is 5. The van der Waals surface area contributed by atoms with E-state index in [2.05, 4.69) is 16.9 Å². The number of aromatic amines is 1. The number of nitrogen functional groups attached to an aromatic ring is 1. The molecule has 3 N–H and O–H groups in total. The number of carbonyl (C=O) groups is 2. The van der Waals surface area contributed by atoms with Gasteiger partial charge in [0.2, 0.25) is 11.8 Å². The van der Waals surface area contributed by atoms with Crippen LogP contribution in [-0.2, 0) is 22.4 Å². The van der Waals surface area contributed by atoms with E-state index in [0.717, 1.165) is 73.5 Å². The average Bonchev–Trinajstić information content (AvgIpc) is 3.41. The van der Waals surface area contributed by atoms with Gasteiger partial charge in [-0.3, -0.25) is 14.2 Å². The molecule has 3 fully saturated rings. The first-order chi connectivity index (χ1) is 22.2. The highest BCUT2D eigenvalue weighted by Crippen LogP contribution is 2.34. The van der Waals surface area contributed by atoms with Crippen molar-refractivity contribution >= 4 is 40.1 Å². The van der Waals surface area contributed by atoms with Crippen molar-refractivity contribution in [1.82, 2.24) is 24.3 Å². The van der Waals surface area contributed by atoms with Gasteiger partial charge in [0.05, 0.1) is 27.7 Å². The van der Waals surface area contributed by atoms with Crippen molar-refractivity contribution in [3.63, 3.8) is 0 Å². The molecule has 4 heterocycles. The van der Waals surface area contributed by atoms with Crippen molar-refractivity contribution in [1.29, 1.82) is 0 Å². The molecule has 3 aliphatic heterocycles. The molecule has 2 amide bonds. The van der Waals surface area contributed by atoms with E-state index in [0.29, 0.717) is 49.0 Å². The normalized spacial score (nSPS) is 20.0. The summed E-state index contributed by atoms with van der Waals surface area (Å²) >= 11 is 6.51. The molecule has 6 rings (SSSR count). The molecule has 9 nitrogen and oxygen atoms in total. The second kappa shape index (κ2) is 14.2. The maximum Gasteiger partial charge on any atom is 0.326 e. The number of nitrogens with zero attached hydrogens (tertiary/aromatic N) is 4. The SMILES string of the molecule is CCc1cc(C[C@@H](CC(=O)N2CCC(n3c(=O)[nH]c4ccccc43)CC2)C(=O)N2CCC(C3CCN(C)CC3)CC2)cc(Cl)c1N. The van der Waals surface area contributed by atoms with Crippen LogP contribution in [0.3, 0.4) is 0 Å². The Kier molecular flexibility index (Phi) is 10.1. The lowest BCUT2D eigenvalue weighted by Crippen LogP contribution is -2.46. The Hall–Kier alpha value is -3.30. The average molecular weight is 649 g/mol. The summed E-state index contributed by atoms with van der Waals surface area (Å²) in [6, 6.07) is 11.7. The predicted molar refractivity (Wildman–Crippen MR) is 184 cm³/mol. The number of rotatable bonds is 8. The van der Waals surface area contributed by atoms with Gasteiger partial charge in [0.15, 0.2) is 0 Å². The number of hydrogen-bond donors (Lipinski definition) is 2. The monoisotopic (exact) mass is 648 g/mol. The van der Waals surface area contributed by atoms with Crippen LogP contribution in [0.4, 0.5) is 5.69 Å². The number of amides is 2. The first-order valence-electron chi connectivity index (χ1n) is 17.2. The molecular formula is C36H49ClN6O3. The molecule has 2 aromatic carbocycles. The zero-order chi connectivity index (χ0) is 32.4.